The molecule has 1 amide bonds. The van der Waals surface area contributed by atoms with Crippen LogP contribution in [0.2, 0.25) is 0 Å². The van der Waals surface area contributed by atoms with Crippen LogP contribution in [0.3, 0.4) is 0 Å². The summed E-state index contributed by atoms with van der Waals surface area (Å²) in [5.74, 6) is -4.50. The fourth-order valence-electron chi connectivity index (χ4n) is 1.53. The van der Waals surface area contributed by atoms with Crippen LogP contribution in [0.25, 0.3) is 0 Å². The number of aromatic nitrogens is 1. The molecule has 28 heavy (non-hydrogen) atoms. The third-order valence-corrected chi connectivity index (χ3v) is 2.94. The molecule has 6 nitrogen and oxygen atoms in total. The van der Waals surface area contributed by atoms with E-state index in [1.165, 1.54) is 12.1 Å². The summed E-state index contributed by atoms with van der Waals surface area (Å²) in [4.78, 5) is 24.0. The molecule has 2 aromatic rings. The Morgan fingerprint density at radius 1 is 1.25 bits per heavy atom. The van der Waals surface area contributed by atoms with E-state index in [-0.39, 0.29) is 18.0 Å². The smallest absolute Gasteiger partial charge is 0.484 e. The first-order valence-corrected chi connectivity index (χ1v) is 7.65. The topological polar surface area (TPSA) is 88.5 Å². The van der Waals surface area contributed by atoms with Crippen LogP contribution in [0.1, 0.15) is 5.69 Å². The third kappa shape index (κ3) is 8.16. The van der Waals surface area contributed by atoms with E-state index in [0.717, 1.165) is 6.07 Å². The number of anilines is 1. The number of alkyl halides is 5. The Morgan fingerprint density at radius 3 is 2.36 bits per heavy atom. The average Bonchev–Trinajstić information content (AvgIpc) is 2.61. The predicted molar refractivity (Wildman–Crippen MR) is 88.0 cm³/mol. The monoisotopic (exact) mass is 426 g/mol. The van der Waals surface area contributed by atoms with Gasteiger partial charge in [0.2, 0.25) is 0 Å². The van der Waals surface area contributed by atoms with Crippen LogP contribution in [-0.4, -0.2) is 33.8 Å². The zero-order chi connectivity index (χ0) is 21.3. The van der Waals surface area contributed by atoms with Crippen molar-refractivity contribution in [3.05, 3.63) is 54.1 Å². The second-order valence-electron chi connectivity index (χ2n) is 4.85. The summed E-state index contributed by atoms with van der Waals surface area (Å²) >= 11 is 4.96. The molecule has 1 heterocycles. The van der Waals surface area contributed by atoms with Gasteiger partial charge in [-0.3, -0.25) is 9.78 Å². The van der Waals surface area contributed by atoms with Crippen LogP contribution in [0.15, 0.2) is 42.6 Å². The number of halogens is 6. The van der Waals surface area contributed by atoms with Gasteiger partial charge in [0, 0.05) is 18.0 Å². The van der Waals surface area contributed by atoms with Crippen molar-refractivity contribution >= 4 is 29.2 Å². The van der Waals surface area contributed by atoms with E-state index < -0.39 is 29.5 Å². The van der Waals surface area contributed by atoms with Crippen molar-refractivity contribution in [3.8, 4) is 5.75 Å². The molecular weight excluding hydrogens is 415 g/mol. The average molecular weight is 427 g/mol. The maximum Gasteiger partial charge on any atom is 0.490 e. The summed E-state index contributed by atoms with van der Waals surface area (Å²) in [6.07, 6.45) is -3.48. The number of amides is 1. The predicted octanol–water partition coefficient (Wildman–Crippen LogP) is 3.91. The van der Waals surface area contributed by atoms with Gasteiger partial charge in [-0.15, -0.1) is 0 Å². The summed E-state index contributed by atoms with van der Waals surface area (Å²) in [6, 6.07) is 9.03. The Hall–Kier alpha value is -2.95. The molecule has 152 valence electrons. The van der Waals surface area contributed by atoms with Crippen LogP contribution in [0.5, 0.6) is 5.75 Å². The number of carbonyl (C=O) groups is 2. The van der Waals surface area contributed by atoms with Crippen LogP contribution < -0.4 is 10.1 Å². The molecule has 1 aromatic heterocycles. The van der Waals surface area contributed by atoms with Crippen molar-refractivity contribution in [1.29, 1.82) is 0 Å². The normalized spacial score (nSPS) is 11.6. The number of rotatable bonds is 5. The van der Waals surface area contributed by atoms with Crippen LogP contribution in [-0.2, 0) is 16.2 Å². The molecule has 1 unspecified atom stereocenters. The van der Waals surface area contributed by atoms with Gasteiger partial charge < -0.3 is 15.2 Å². The molecule has 1 aromatic carbocycles. The van der Waals surface area contributed by atoms with E-state index >= 15 is 0 Å². The minimum absolute atomic E-state index is 0.00123. The van der Waals surface area contributed by atoms with Gasteiger partial charge in [-0.05, 0) is 24.3 Å². The first-order chi connectivity index (χ1) is 13.0. The van der Waals surface area contributed by atoms with Gasteiger partial charge >= 0.3 is 12.1 Å². The number of aliphatic carboxylic acids is 1. The summed E-state index contributed by atoms with van der Waals surface area (Å²) in [5, 5.41) is 9.25. The first kappa shape index (κ1) is 23.1. The van der Waals surface area contributed by atoms with E-state index in [2.05, 4.69) is 10.3 Å². The Labute approximate surface area is 159 Å². The fourth-order valence-corrected chi connectivity index (χ4v) is 1.58. The molecule has 12 heteroatoms. The van der Waals surface area contributed by atoms with Crippen molar-refractivity contribution < 1.29 is 41.4 Å². The van der Waals surface area contributed by atoms with Gasteiger partial charge in [0.15, 0.2) is 11.6 Å². The number of hydrogen-bond acceptors (Lipinski definition) is 4. The molecule has 0 aliphatic carbocycles. The highest BCUT2D eigenvalue weighted by atomic mass is 35.5. The number of carboxylic acids is 1. The van der Waals surface area contributed by atoms with Crippen molar-refractivity contribution in [1.82, 2.24) is 4.98 Å². The molecule has 2 rings (SSSR count). The van der Waals surface area contributed by atoms with E-state index in [0.29, 0.717) is 5.69 Å². The number of carboxylic acid groups (broad SMARTS) is 1. The Bertz CT molecular complexity index is 803. The van der Waals surface area contributed by atoms with Crippen LogP contribution in [0, 0.1) is 5.82 Å². The van der Waals surface area contributed by atoms with E-state index in [1.807, 2.05) is 0 Å². The molecular formula is C16H12ClF5N2O4. The highest BCUT2D eigenvalue weighted by Gasteiger charge is 2.38. The van der Waals surface area contributed by atoms with Crippen molar-refractivity contribution in [2.45, 2.75) is 18.4 Å². The SMILES string of the molecule is O=C(Nc1ccc(OCc2ccccn2)c(F)c1)C(F)Cl.O=C(O)C(F)(F)F. The molecule has 0 aliphatic heterocycles. The molecule has 2 N–H and O–H groups in total. The zero-order valence-electron chi connectivity index (χ0n) is 13.7. The lowest BCUT2D eigenvalue weighted by atomic mass is 10.3. The van der Waals surface area contributed by atoms with Crippen molar-refractivity contribution in [3.63, 3.8) is 0 Å². The van der Waals surface area contributed by atoms with Gasteiger partial charge in [0.1, 0.15) is 6.61 Å². The third-order valence-electron chi connectivity index (χ3n) is 2.74. The highest BCUT2D eigenvalue weighted by molar-refractivity contribution is 6.31. The lowest BCUT2D eigenvalue weighted by Gasteiger charge is -2.09. The van der Waals surface area contributed by atoms with E-state index in [9.17, 15) is 26.7 Å². The summed E-state index contributed by atoms with van der Waals surface area (Å²) in [7, 11) is 0. The molecule has 0 spiro atoms. The minimum Gasteiger partial charge on any atom is -0.484 e. The van der Waals surface area contributed by atoms with Gasteiger partial charge in [-0.25, -0.2) is 13.6 Å². The summed E-state index contributed by atoms with van der Waals surface area (Å²) < 4.78 is 63.3. The van der Waals surface area contributed by atoms with Gasteiger partial charge in [0.25, 0.3) is 11.5 Å². The maximum atomic E-state index is 13.8. The quantitative estimate of drug-likeness (QED) is 0.559. The van der Waals surface area contributed by atoms with E-state index in [1.54, 1.807) is 24.4 Å². The largest absolute Gasteiger partial charge is 0.490 e. The molecule has 0 fully saturated rings. The van der Waals surface area contributed by atoms with Gasteiger partial charge in [-0.1, -0.05) is 17.7 Å². The van der Waals surface area contributed by atoms with Crippen LogP contribution >= 0.6 is 11.6 Å². The fraction of sp³-hybridized carbons (Fsp3) is 0.188. The number of ether oxygens (including phenoxy) is 1. The summed E-state index contributed by atoms with van der Waals surface area (Å²) in [5.41, 5.74) is -1.45. The van der Waals surface area contributed by atoms with Crippen molar-refractivity contribution in [2.75, 3.05) is 5.32 Å². The molecule has 0 aliphatic rings. The molecule has 0 saturated heterocycles. The number of hydrogen-bond donors (Lipinski definition) is 2. The highest BCUT2D eigenvalue weighted by Crippen LogP contribution is 2.22. The first-order valence-electron chi connectivity index (χ1n) is 7.22. The second kappa shape index (κ2) is 10.4. The number of carbonyl (C=O) groups excluding carboxylic acids is 1. The lowest BCUT2D eigenvalue weighted by molar-refractivity contribution is -0.192. The number of pyridine rings is 1. The molecule has 0 bridgehead atoms. The molecule has 1 atom stereocenters. The van der Waals surface area contributed by atoms with Gasteiger partial charge in [0.05, 0.1) is 5.69 Å². The van der Waals surface area contributed by atoms with Crippen LogP contribution in [0.4, 0.5) is 27.6 Å². The van der Waals surface area contributed by atoms with Gasteiger partial charge in [-0.2, -0.15) is 13.2 Å². The molecule has 0 saturated carbocycles. The Kier molecular flexibility index (Phi) is 8.58. The Balaban J connectivity index is 0.000000480. The van der Waals surface area contributed by atoms with E-state index in [4.69, 9.17) is 26.2 Å². The Morgan fingerprint density at radius 2 is 1.89 bits per heavy atom. The number of benzene rings is 1. The number of nitrogens with one attached hydrogen (secondary N) is 1. The second-order valence-corrected chi connectivity index (χ2v) is 5.23. The minimum atomic E-state index is -5.08. The lowest BCUT2D eigenvalue weighted by Crippen LogP contribution is -2.21. The molecule has 0 radical (unpaired) electrons. The van der Waals surface area contributed by atoms with Crippen molar-refractivity contribution in [2.24, 2.45) is 0 Å². The zero-order valence-corrected chi connectivity index (χ0v) is 14.5. The summed E-state index contributed by atoms with van der Waals surface area (Å²) in [6.45, 7) is 0.109. The standard InChI is InChI=1S/C14H11ClF2N2O2.C2HF3O2/c15-13(17)14(20)19-9-4-5-12(11(16)7-9)21-8-10-3-1-2-6-18-10;3-2(4,5)1(6)7/h1-7,13H,8H2,(H,19,20);(H,6,7). The maximum absolute atomic E-state index is 13.8. The number of nitrogens with zero attached hydrogens (tertiary/aromatic N) is 1.